The Morgan fingerprint density at radius 3 is 2.50 bits per heavy atom. The van der Waals surface area contributed by atoms with Crippen molar-refractivity contribution < 1.29 is 4.79 Å². The molecule has 0 aliphatic rings. The van der Waals surface area contributed by atoms with E-state index in [4.69, 9.17) is 11.6 Å². The molecule has 1 rings (SSSR count). The first-order chi connectivity index (χ1) is 5.63. The molecule has 0 fully saturated rings. The van der Waals surface area contributed by atoms with Crippen molar-refractivity contribution in [1.82, 2.24) is 0 Å². The van der Waals surface area contributed by atoms with E-state index >= 15 is 0 Å². The summed E-state index contributed by atoms with van der Waals surface area (Å²) in [6, 6.07) is 7.77. The van der Waals surface area contributed by atoms with Crippen LogP contribution in [-0.4, -0.2) is 5.24 Å². The minimum atomic E-state index is -0.302. The van der Waals surface area contributed by atoms with Crippen molar-refractivity contribution in [2.45, 2.75) is 19.8 Å². The van der Waals surface area contributed by atoms with Crippen molar-refractivity contribution in [3.63, 3.8) is 0 Å². The van der Waals surface area contributed by atoms with Gasteiger partial charge >= 0.3 is 0 Å². The van der Waals surface area contributed by atoms with Crippen molar-refractivity contribution in [2.24, 2.45) is 0 Å². The summed E-state index contributed by atoms with van der Waals surface area (Å²) >= 11 is 5.40. The summed E-state index contributed by atoms with van der Waals surface area (Å²) in [5.74, 6) is -0.201. The summed E-state index contributed by atoms with van der Waals surface area (Å²) < 4.78 is 0. The molecule has 1 aromatic carbocycles. The number of hydrogen-bond donors (Lipinski definition) is 0. The van der Waals surface area contributed by atoms with Gasteiger partial charge in [-0.2, -0.15) is 0 Å². The lowest BCUT2D eigenvalue weighted by molar-refractivity contribution is -0.112. The molecule has 0 bridgehead atoms. The van der Waals surface area contributed by atoms with Gasteiger partial charge in [0.2, 0.25) is 5.24 Å². The second-order valence-corrected chi connectivity index (χ2v) is 3.25. The van der Waals surface area contributed by atoms with Crippen molar-refractivity contribution in [2.75, 3.05) is 0 Å². The molecule has 0 aromatic heterocycles. The van der Waals surface area contributed by atoms with Gasteiger partial charge < -0.3 is 0 Å². The van der Waals surface area contributed by atoms with Gasteiger partial charge in [-0.1, -0.05) is 31.2 Å². The number of carbonyl (C=O) groups excluding carboxylic acids is 1. The van der Waals surface area contributed by atoms with Crippen LogP contribution in [0.25, 0.3) is 0 Å². The van der Waals surface area contributed by atoms with Gasteiger partial charge in [0.25, 0.3) is 0 Å². The number of halogens is 1. The summed E-state index contributed by atoms with van der Waals surface area (Å²) in [4.78, 5) is 10.9. The van der Waals surface area contributed by atoms with E-state index in [1.165, 1.54) is 0 Å². The predicted molar refractivity (Wildman–Crippen MR) is 50.5 cm³/mol. The smallest absolute Gasteiger partial charge is 0.228 e. The maximum atomic E-state index is 10.9. The third-order valence-electron chi connectivity index (χ3n) is 2.00. The monoisotopic (exact) mass is 182 g/mol. The molecular weight excluding hydrogens is 172 g/mol. The van der Waals surface area contributed by atoms with Gasteiger partial charge in [-0.3, -0.25) is 4.79 Å². The van der Waals surface area contributed by atoms with E-state index in [2.05, 4.69) is 0 Å². The van der Waals surface area contributed by atoms with Crippen molar-refractivity contribution >= 4 is 16.8 Å². The van der Waals surface area contributed by atoms with Crippen LogP contribution < -0.4 is 0 Å². The van der Waals surface area contributed by atoms with E-state index in [-0.39, 0.29) is 11.2 Å². The van der Waals surface area contributed by atoms with Crippen LogP contribution in [0.3, 0.4) is 0 Å². The number of rotatable bonds is 2. The fraction of sp³-hybridized carbons (Fsp3) is 0.300. The van der Waals surface area contributed by atoms with Crippen LogP contribution >= 0.6 is 11.6 Å². The average Bonchev–Trinajstić information content (AvgIpc) is 2.04. The van der Waals surface area contributed by atoms with Crippen LogP contribution in [0.15, 0.2) is 24.3 Å². The minimum absolute atomic E-state index is 0.201. The van der Waals surface area contributed by atoms with E-state index in [9.17, 15) is 4.79 Å². The largest absolute Gasteiger partial charge is 0.281 e. The molecule has 1 unspecified atom stereocenters. The highest BCUT2D eigenvalue weighted by atomic mass is 35.5. The molecule has 1 aromatic rings. The molecule has 0 amide bonds. The summed E-state index contributed by atoms with van der Waals surface area (Å²) in [5.41, 5.74) is 2.12. The molecule has 64 valence electrons. The summed E-state index contributed by atoms with van der Waals surface area (Å²) in [5, 5.41) is -0.302. The van der Waals surface area contributed by atoms with Crippen LogP contribution in [0, 0.1) is 6.92 Å². The molecule has 0 heterocycles. The first-order valence-corrected chi connectivity index (χ1v) is 4.25. The zero-order valence-electron chi connectivity index (χ0n) is 7.17. The van der Waals surface area contributed by atoms with Crippen LogP contribution in [-0.2, 0) is 4.79 Å². The molecule has 0 saturated carbocycles. The Morgan fingerprint density at radius 1 is 1.42 bits per heavy atom. The first-order valence-electron chi connectivity index (χ1n) is 3.88. The lowest BCUT2D eigenvalue weighted by Gasteiger charge is -2.08. The van der Waals surface area contributed by atoms with Gasteiger partial charge in [0.05, 0.1) is 5.92 Å². The molecule has 12 heavy (non-hydrogen) atoms. The lowest BCUT2D eigenvalue weighted by Crippen LogP contribution is -2.03. The highest BCUT2D eigenvalue weighted by molar-refractivity contribution is 6.64. The minimum Gasteiger partial charge on any atom is -0.281 e. The molecule has 0 aliphatic heterocycles. The van der Waals surface area contributed by atoms with Gasteiger partial charge in [0, 0.05) is 0 Å². The average molecular weight is 183 g/mol. The summed E-state index contributed by atoms with van der Waals surface area (Å²) in [6.45, 7) is 3.79. The van der Waals surface area contributed by atoms with E-state index in [1.54, 1.807) is 0 Å². The molecule has 0 spiro atoms. The number of carbonyl (C=O) groups is 1. The third kappa shape index (κ3) is 1.86. The molecule has 1 atom stereocenters. The van der Waals surface area contributed by atoms with Gasteiger partial charge in [0.1, 0.15) is 0 Å². The van der Waals surface area contributed by atoms with E-state index in [1.807, 2.05) is 38.1 Å². The first kappa shape index (κ1) is 9.27. The van der Waals surface area contributed by atoms with Gasteiger partial charge in [-0.15, -0.1) is 0 Å². The predicted octanol–water partition coefficient (Wildman–Crippen LogP) is 2.86. The molecule has 1 nitrogen and oxygen atoms in total. The maximum Gasteiger partial charge on any atom is 0.228 e. The third-order valence-corrected chi connectivity index (χ3v) is 2.32. The fourth-order valence-corrected chi connectivity index (χ4v) is 1.31. The molecule has 0 aliphatic carbocycles. The lowest BCUT2D eigenvalue weighted by atomic mass is 9.98. The van der Waals surface area contributed by atoms with Crippen LogP contribution in [0.2, 0.25) is 0 Å². The zero-order chi connectivity index (χ0) is 9.14. The Balaban J connectivity index is 3.02. The quantitative estimate of drug-likeness (QED) is 0.643. The normalized spacial score (nSPS) is 12.6. The fourth-order valence-electron chi connectivity index (χ4n) is 1.19. The Labute approximate surface area is 77.4 Å². The number of hydrogen-bond acceptors (Lipinski definition) is 1. The molecule has 2 heteroatoms. The highest BCUT2D eigenvalue weighted by Gasteiger charge is 2.13. The van der Waals surface area contributed by atoms with Gasteiger partial charge in [0.15, 0.2) is 0 Å². The van der Waals surface area contributed by atoms with Crippen molar-refractivity contribution in [1.29, 1.82) is 0 Å². The molecule has 0 saturated heterocycles. The second-order valence-electron chi connectivity index (χ2n) is 2.88. The summed E-state index contributed by atoms with van der Waals surface area (Å²) in [7, 11) is 0. The maximum absolute atomic E-state index is 10.9. The van der Waals surface area contributed by atoms with Gasteiger partial charge in [-0.05, 0) is 29.7 Å². The number of benzene rings is 1. The number of aryl methyl sites for hydroxylation is 1. The Morgan fingerprint density at radius 2 is 2.00 bits per heavy atom. The Bertz CT molecular complexity index is 294. The van der Waals surface area contributed by atoms with Crippen LogP contribution in [0.5, 0.6) is 0 Å². The second kappa shape index (κ2) is 3.72. The van der Waals surface area contributed by atoms with Crippen LogP contribution in [0.1, 0.15) is 24.0 Å². The molecule has 0 radical (unpaired) electrons. The Kier molecular flexibility index (Phi) is 2.88. The molecular formula is C10H11ClO. The SMILES string of the molecule is Cc1ccccc1C(C)C(=O)Cl. The van der Waals surface area contributed by atoms with Crippen LogP contribution in [0.4, 0.5) is 0 Å². The van der Waals surface area contributed by atoms with E-state index in [0.29, 0.717) is 0 Å². The van der Waals surface area contributed by atoms with Crippen molar-refractivity contribution in [3.05, 3.63) is 35.4 Å². The zero-order valence-corrected chi connectivity index (χ0v) is 7.93. The van der Waals surface area contributed by atoms with Crippen molar-refractivity contribution in [3.8, 4) is 0 Å². The van der Waals surface area contributed by atoms with E-state index < -0.39 is 0 Å². The van der Waals surface area contributed by atoms with Gasteiger partial charge in [-0.25, -0.2) is 0 Å². The standard InChI is InChI=1S/C10H11ClO/c1-7-5-3-4-6-9(7)8(2)10(11)12/h3-6,8H,1-2H3. The summed E-state index contributed by atoms with van der Waals surface area (Å²) in [6.07, 6.45) is 0. The molecule has 0 N–H and O–H groups in total. The topological polar surface area (TPSA) is 17.1 Å². The highest BCUT2D eigenvalue weighted by Crippen LogP contribution is 2.20. The van der Waals surface area contributed by atoms with E-state index in [0.717, 1.165) is 11.1 Å². The Hall–Kier alpha value is -0.820.